The molecule has 7 heteroatoms. The number of halogens is 3. The van der Waals surface area contributed by atoms with Gasteiger partial charge in [-0.1, -0.05) is 17.7 Å². The first-order valence-electron chi connectivity index (χ1n) is 7.22. The largest absolute Gasteiger partial charge is 0.496 e. The van der Waals surface area contributed by atoms with Crippen LogP contribution in [0.25, 0.3) is 0 Å². The molecule has 0 radical (unpaired) electrons. The molecule has 128 valence electrons. The quantitative estimate of drug-likeness (QED) is 0.728. The van der Waals surface area contributed by atoms with Crippen molar-refractivity contribution in [2.75, 3.05) is 19.0 Å². The van der Waals surface area contributed by atoms with Crippen LogP contribution in [0.2, 0.25) is 5.02 Å². The summed E-state index contributed by atoms with van der Waals surface area (Å²) < 4.78 is 19.6. The number of carbonyl (C=O) groups excluding carboxylic acids is 1. The molecule has 0 aromatic heterocycles. The van der Waals surface area contributed by atoms with Gasteiger partial charge in [0.2, 0.25) is 5.91 Å². The van der Waals surface area contributed by atoms with Gasteiger partial charge in [0.1, 0.15) is 11.6 Å². The number of rotatable bonds is 6. The van der Waals surface area contributed by atoms with E-state index < -0.39 is 5.82 Å². The molecule has 2 aromatic rings. The Bertz CT molecular complexity index is 743. The van der Waals surface area contributed by atoms with E-state index in [1.807, 2.05) is 25.1 Å². The predicted octanol–water partition coefficient (Wildman–Crippen LogP) is 4.54. The maximum Gasteiger partial charge on any atom is 0.238 e. The van der Waals surface area contributed by atoms with E-state index in [0.29, 0.717) is 5.02 Å². The monoisotopic (exact) mass is 414 g/mol. The minimum absolute atomic E-state index is 0.0385. The number of amides is 1. The van der Waals surface area contributed by atoms with Crippen LogP contribution in [0.5, 0.6) is 5.75 Å². The maximum atomic E-state index is 13.6. The lowest BCUT2D eigenvalue weighted by Crippen LogP contribution is -2.30. The molecule has 0 fully saturated rings. The third-order valence-corrected chi connectivity index (χ3v) is 4.30. The van der Waals surface area contributed by atoms with Gasteiger partial charge in [0, 0.05) is 11.1 Å². The van der Waals surface area contributed by atoms with E-state index in [-0.39, 0.29) is 24.2 Å². The molecular formula is C17H17BrClFN2O2. The molecule has 2 N–H and O–H groups in total. The van der Waals surface area contributed by atoms with Crippen LogP contribution in [-0.2, 0) is 4.79 Å². The fourth-order valence-electron chi connectivity index (χ4n) is 2.10. The topological polar surface area (TPSA) is 50.4 Å². The molecule has 1 unspecified atom stereocenters. The third-order valence-electron chi connectivity index (χ3n) is 3.45. The number of hydrogen-bond acceptors (Lipinski definition) is 3. The summed E-state index contributed by atoms with van der Waals surface area (Å²) in [5.74, 6) is -0.143. The zero-order chi connectivity index (χ0) is 17.7. The van der Waals surface area contributed by atoms with Crippen molar-refractivity contribution in [1.82, 2.24) is 5.32 Å². The lowest BCUT2D eigenvalue weighted by molar-refractivity contribution is -0.115. The minimum atomic E-state index is -0.528. The summed E-state index contributed by atoms with van der Waals surface area (Å²) in [6, 6.07) is 9.62. The van der Waals surface area contributed by atoms with Crippen LogP contribution < -0.4 is 15.4 Å². The molecular weight excluding hydrogens is 399 g/mol. The summed E-state index contributed by atoms with van der Waals surface area (Å²) in [7, 11) is 1.60. The van der Waals surface area contributed by atoms with E-state index in [1.165, 1.54) is 18.2 Å². The van der Waals surface area contributed by atoms with Gasteiger partial charge in [-0.05, 0) is 58.7 Å². The molecule has 1 atom stereocenters. The maximum absolute atomic E-state index is 13.6. The number of methoxy groups -OCH3 is 1. The molecule has 24 heavy (non-hydrogen) atoms. The molecule has 0 aliphatic carbocycles. The van der Waals surface area contributed by atoms with Gasteiger partial charge in [-0.25, -0.2) is 4.39 Å². The van der Waals surface area contributed by atoms with Gasteiger partial charge in [-0.15, -0.1) is 0 Å². The van der Waals surface area contributed by atoms with E-state index in [4.69, 9.17) is 16.3 Å². The zero-order valence-electron chi connectivity index (χ0n) is 13.2. The number of carbonyl (C=O) groups is 1. The predicted molar refractivity (Wildman–Crippen MR) is 97.2 cm³/mol. The highest BCUT2D eigenvalue weighted by Crippen LogP contribution is 2.28. The second-order valence-corrected chi connectivity index (χ2v) is 6.46. The van der Waals surface area contributed by atoms with Gasteiger partial charge in [-0.2, -0.15) is 0 Å². The Kier molecular flexibility index (Phi) is 6.60. The Morgan fingerprint density at radius 3 is 2.75 bits per heavy atom. The Hall–Kier alpha value is -1.63. The molecule has 0 saturated carbocycles. The van der Waals surface area contributed by atoms with Gasteiger partial charge in [0.15, 0.2) is 0 Å². The molecule has 0 spiro atoms. The summed E-state index contributed by atoms with van der Waals surface area (Å²) in [5.41, 5.74) is 1.05. The Morgan fingerprint density at radius 2 is 2.08 bits per heavy atom. The van der Waals surface area contributed by atoms with E-state index >= 15 is 0 Å². The highest BCUT2D eigenvalue weighted by atomic mass is 79.9. The molecule has 0 aliphatic rings. The first kappa shape index (κ1) is 18.7. The van der Waals surface area contributed by atoms with Crippen molar-refractivity contribution < 1.29 is 13.9 Å². The van der Waals surface area contributed by atoms with Gasteiger partial charge >= 0.3 is 0 Å². The van der Waals surface area contributed by atoms with Crippen LogP contribution >= 0.6 is 27.5 Å². The lowest BCUT2D eigenvalue weighted by Gasteiger charge is -2.15. The fourth-order valence-corrected chi connectivity index (χ4v) is 2.83. The van der Waals surface area contributed by atoms with E-state index in [9.17, 15) is 9.18 Å². The van der Waals surface area contributed by atoms with Crippen LogP contribution in [0.3, 0.4) is 0 Å². The van der Waals surface area contributed by atoms with Crippen LogP contribution in [0, 0.1) is 5.82 Å². The van der Waals surface area contributed by atoms with Crippen molar-refractivity contribution in [1.29, 1.82) is 0 Å². The first-order valence-corrected chi connectivity index (χ1v) is 8.39. The van der Waals surface area contributed by atoms with E-state index in [0.717, 1.165) is 15.8 Å². The molecule has 4 nitrogen and oxygen atoms in total. The van der Waals surface area contributed by atoms with E-state index in [1.54, 1.807) is 7.11 Å². The van der Waals surface area contributed by atoms with Crippen molar-refractivity contribution in [3.05, 3.63) is 57.3 Å². The average Bonchev–Trinajstić information content (AvgIpc) is 2.56. The van der Waals surface area contributed by atoms with Crippen molar-refractivity contribution in [2.45, 2.75) is 13.0 Å². The molecule has 0 bridgehead atoms. The fraction of sp³-hybridized carbons (Fsp3) is 0.235. The Balaban J connectivity index is 1.93. The van der Waals surface area contributed by atoms with Crippen LogP contribution in [0.15, 0.2) is 40.9 Å². The van der Waals surface area contributed by atoms with Crippen molar-refractivity contribution in [3.63, 3.8) is 0 Å². The number of hydrogen-bond donors (Lipinski definition) is 2. The van der Waals surface area contributed by atoms with E-state index in [2.05, 4.69) is 26.6 Å². The molecule has 2 rings (SSSR count). The van der Waals surface area contributed by atoms with Gasteiger partial charge in [0.05, 0.1) is 23.8 Å². The van der Waals surface area contributed by atoms with Crippen molar-refractivity contribution >= 4 is 39.1 Å². The second-order valence-electron chi connectivity index (χ2n) is 5.17. The Morgan fingerprint density at radius 1 is 1.33 bits per heavy atom. The number of anilines is 1. The highest BCUT2D eigenvalue weighted by Gasteiger charge is 2.12. The molecule has 2 aromatic carbocycles. The summed E-state index contributed by atoms with van der Waals surface area (Å²) in [6.07, 6.45) is 0. The van der Waals surface area contributed by atoms with Gasteiger partial charge in [-0.3, -0.25) is 4.79 Å². The minimum Gasteiger partial charge on any atom is -0.496 e. The van der Waals surface area contributed by atoms with Gasteiger partial charge < -0.3 is 15.4 Å². The average molecular weight is 416 g/mol. The van der Waals surface area contributed by atoms with Crippen LogP contribution in [-0.4, -0.2) is 19.6 Å². The third kappa shape index (κ3) is 4.93. The van der Waals surface area contributed by atoms with Gasteiger partial charge in [0.25, 0.3) is 0 Å². The second kappa shape index (κ2) is 8.46. The zero-order valence-corrected chi connectivity index (χ0v) is 15.5. The highest BCUT2D eigenvalue weighted by molar-refractivity contribution is 9.10. The standard InChI is InChI=1S/C17H17BrClFN2O2/c1-10(11-3-6-16(24-2)13(18)7-11)21-9-17(23)22-15-8-12(19)4-5-14(15)20/h3-8,10,21H,9H2,1-2H3,(H,22,23). The van der Waals surface area contributed by atoms with Crippen LogP contribution in [0.4, 0.5) is 10.1 Å². The SMILES string of the molecule is COc1ccc(C(C)NCC(=O)Nc2cc(Cl)ccc2F)cc1Br. The summed E-state index contributed by atoms with van der Waals surface area (Å²) in [4.78, 5) is 12.0. The number of nitrogens with one attached hydrogen (secondary N) is 2. The molecule has 0 heterocycles. The number of benzene rings is 2. The van der Waals surface area contributed by atoms with Crippen molar-refractivity contribution in [2.24, 2.45) is 0 Å². The normalized spacial score (nSPS) is 11.9. The Labute approximate surface area is 153 Å². The van der Waals surface area contributed by atoms with Crippen LogP contribution in [0.1, 0.15) is 18.5 Å². The summed E-state index contributed by atoms with van der Waals surface area (Å²) >= 11 is 9.23. The number of ether oxygens (including phenoxy) is 1. The summed E-state index contributed by atoms with van der Waals surface area (Å²) in [5, 5.41) is 5.94. The lowest BCUT2D eigenvalue weighted by atomic mass is 10.1. The molecule has 0 saturated heterocycles. The smallest absolute Gasteiger partial charge is 0.238 e. The first-order chi connectivity index (χ1) is 11.4. The van der Waals surface area contributed by atoms with Crippen molar-refractivity contribution in [3.8, 4) is 5.75 Å². The molecule has 1 amide bonds. The summed E-state index contributed by atoms with van der Waals surface area (Å²) in [6.45, 7) is 1.97. The molecule has 0 aliphatic heterocycles.